The number of unbranched alkanes of at least 4 members (excludes halogenated alkanes) is 3. The van der Waals surface area contributed by atoms with Crippen molar-refractivity contribution in [3.8, 4) is 0 Å². The van der Waals surface area contributed by atoms with Gasteiger partial charge in [-0.05, 0) is 25.8 Å². The first-order valence-corrected chi connectivity index (χ1v) is 7.45. The minimum atomic E-state index is -0.537. The van der Waals surface area contributed by atoms with E-state index in [9.17, 15) is 4.39 Å². The molecule has 0 fully saturated rings. The summed E-state index contributed by atoms with van der Waals surface area (Å²) in [6, 6.07) is 10.1. The second-order valence-electron chi connectivity index (χ2n) is 3.78. The summed E-state index contributed by atoms with van der Waals surface area (Å²) in [5, 5.41) is 1.21. The Balaban J connectivity index is 2.36. The molecule has 1 aromatic carbocycles. The zero-order valence-corrected chi connectivity index (χ0v) is 10.3. The topological polar surface area (TPSA) is 0 Å². The van der Waals surface area contributed by atoms with Crippen LogP contribution < -0.4 is 5.30 Å². The Bertz CT molecular complexity index is 248. The van der Waals surface area contributed by atoms with Crippen LogP contribution in [0.15, 0.2) is 30.3 Å². The van der Waals surface area contributed by atoms with E-state index in [0.29, 0.717) is 0 Å². The summed E-state index contributed by atoms with van der Waals surface area (Å²) in [4.78, 5) is 0. The van der Waals surface area contributed by atoms with Crippen LogP contribution in [0.4, 0.5) is 4.39 Å². The molecule has 0 saturated carbocycles. The number of hydrogen-bond acceptors (Lipinski definition) is 0. The van der Waals surface area contributed by atoms with E-state index in [1.165, 1.54) is 31.0 Å². The fourth-order valence-electron chi connectivity index (χ4n) is 1.63. The van der Waals surface area contributed by atoms with Gasteiger partial charge in [0.15, 0.2) is 0 Å². The largest absolute Gasteiger partial charge is 0.246 e. The van der Waals surface area contributed by atoms with Gasteiger partial charge >= 0.3 is 0 Å². The molecule has 0 heterocycles. The van der Waals surface area contributed by atoms with Crippen molar-refractivity contribution in [3.63, 3.8) is 0 Å². The zero-order chi connectivity index (χ0) is 10.9. The highest BCUT2D eigenvalue weighted by Crippen LogP contribution is 2.35. The van der Waals surface area contributed by atoms with Gasteiger partial charge in [0.1, 0.15) is 6.42 Å². The molecule has 0 aliphatic heterocycles. The lowest BCUT2D eigenvalue weighted by molar-refractivity contribution is 0.598. The predicted octanol–water partition coefficient (Wildman–Crippen LogP) is 4.30. The van der Waals surface area contributed by atoms with Gasteiger partial charge in [0, 0.05) is 0 Å². The molecule has 0 amide bonds. The zero-order valence-electron chi connectivity index (χ0n) is 9.45. The van der Waals surface area contributed by atoms with E-state index in [0.717, 1.165) is 6.16 Å². The van der Waals surface area contributed by atoms with Crippen LogP contribution in [-0.4, -0.2) is 12.6 Å². The van der Waals surface area contributed by atoms with Crippen molar-refractivity contribution in [2.45, 2.75) is 32.6 Å². The summed E-state index contributed by atoms with van der Waals surface area (Å²) in [5.74, 6) is 0. The smallest absolute Gasteiger partial charge is 0.113 e. The minimum Gasteiger partial charge on any atom is -0.246 e. The standard InChI is InChI=1S/C13H20FP/c1-2-3-4-8-11-15(12-14)13-9-6-5-7-10-13/h5-7,9-10H,2-4,8,11-12H2,1H3. The molecule has 0 aliphatic rings. The molecule has 15 heavy (non-hydrogen) atoms. The van der Waals surface area contributed by atoms with Crippen LogP contribution in [0.2, 0.25) is 0 Å². The van der Waals surface area contributed by atoms with Crippen molar-refractivity contribution < 1.29 is 4.39 Å². The van der Waals surface area contributed by atoms with Crippen LogP contribution in [0.5, 0.6) is 0 Å². The summed E-state index contributed by atoms with van der Waals surface area (Å²) < 4.78 is 12.9. The number of alkyl halides is 1. The van der Waals surface area contributed by atoms with Crippen molar-refractivity contribution >= 4 is 13.2 Å². The molecule has 1 unspecified atom stereocenters. The van der Waals surface area contributed by atoms with Gasteiger partial charge in [-0.3, -0.25) is 0 Å². The van der Waals surface area contributed by atoms with E-state index >= 15 is 0 Å². The molecule has 1 rings (SSSR count). The summed E-state index contributed by atoms with van der Waals surface area (Å²) >= 11 is 0. The molecule has 0 saturated heterocycles. The van der Waals surface area contributed by atoms with Crippen molar-refractivity contribution in [1.82, 2.24) is 0 Å². The summed E-state index contributed by atoms with van der Waals surface area (Å²) in [5.41, 5.74) is 0. The molecule has 84 valence electrons. The first-order chi connectivity index (χ1) is 7.38. The van der Waals surface area contributed by atoms with E-state index in [-0.39, 0.29) is 6.42 Å². The van der Waals surface area contributed by atoms with Gasteiger partial charge in [-0.25, -0.2) is 4.39 Å². The summed E-state index contributed by atoms with van der Waals surface area (Å²) in [6.45, 7) is 2.20. The number of rotatable bonds is 7. The average molecular weight is 226 g/mol. The molecular weight excluding hydrogens is 206 g/mol. The van der Waals surface area contributed by atoms with Gasteiger partial charge in [0.25, 0.3) is 0 Å². The van der Waals surface area contributed by atoms with Crippen molar-refractivity contribution in [2.75, 3.05) is 12.6 Å². The Kier molecular flexibility index (Phi) is 6.59. The van der Waals surface area contributed by atoms with E-state index < -0.39 is 7.92 Å². The maximum atomic E-state index is 12.9. The Hall–Kier alpha value is -0.420. The predicted molar refractivity (Wildman–Crippen MR) is 68.0 cm³/mol. The quantitative estimate of drug-likeness (QED) is 0.480. The molecule has 1 atom stereocenters. The lowest BCUT2D eigenvalue weighted by Crippen LogP contribution is -2.04. The molecule has 0 aromatic heterocycles. The minimum absolute atomic E-state index is 0.161. The third kappa shape index (κ3) is 4.75. The molecule has 0 aliphatic carbocycles. The second kappa shape index (κ2) is 7.82. The maximum absolute atomic E-state index is 12.9. The van der Waals surface area contributed by atoms with Gasteiger partial charge < -0.3 is 0 Å². The first kappa shape index (κ1) is 12.6. The normalized spacial score (nSPS) is 12.7. The third-order valence-corrected chi connectivity index (χ3v) is 4.72. The van der Waals surface area contributed by atoms with E-state index in [1.54, 1.807) is 0 Å². The van der Waals surface area contributed by atoms with Gasteiger partial charge in [0.2, 0.25) is 0 Å². The SMILES string of the molecule is CCCCCCP(CF)c1ccccc1. The van der Waals surface area contributed by atoms with Gasteiger partial charge in [-0.2, -0.15) is 0 Å². The fraction of sp³-hybridized carbons (Fsp3) is 0.538. The second-order valence-corrected chi connectivity index (χ2v) is 6.06. The lowest BCUT2D eigenvalue weighted by atomic mass is 10.2. The average Bonchev–Trinajstić information content (AvgIpc) is 2.30. The van der Waals surface area contributed by atoms with Crippen LogP contribution in [0, 0.1) is 0 Å². The van der Waals surface area contributed by atoms with Crippen molar-refractivity contribution in [3.05, 3.63) is 30.3 Å². The Labute approximate surface area is 93.7 Å². The highest BCUT2D eigenvalue weighted by atomic mass is 31.1. The van der Waals surface area contributed by atoms with E-state index in [4.69, 9.17) is 0 Å². The summed E-state index contributed by atoms with van der Waals surface area (Å²) in [7, 11) is -0.537. The third-order valence-electron chi connectivity index (χ3n) is 2.55. The molecule has 1 aromatic rings. The monoisotopic (exact) mass is 226 g/mol. The van der Waals surface area contributed by atoms with Crippen LogP contribution >= 0.6 is 7.92 Å². The van der Waals surface area contributed by atoms with Crippen LogP contribution in [0.25, 0.3) is 0 Å². The molecule has 2 heteroatoms. The molecule has 0 bridgehead atoms. The number of benzene rings is 1. The summed E-state index contributed by atoms with van der Waals surface area (Å²) in [6.07, 6.45) is 5.85. The fourth-order valence-corrected chi connectivity index (χ4v) is 3.34. The number of halogens is 1. The highest BCUT2D eigenvalue weighted by Gasteiger charge is 2.09. The van der Waals surface area contributed by atoms with Crippen LogP contribution in [0.3, 0.4) is 0 Å². The number of hydrogen-bond donors (Lipinski definition) is 0. The Morgan fingerprint density at radius 2 is 1.80 bits per heavy atom. The Morgan fingerprint density at radius 1 is 1.07 bits per heavy atom. The maximum Gasteiger partial charge on any atom is 0.113 e. The molecule has 0 N–H and O–H groups in total. The van der Waals surface area contributed by atoms with E-state index in [2.05, 4.69) is 19.1 Å². The van der Waals surface area contributed by atoms with Crippen molar-refractivity contribution in [1.29, 1.82) is 0 Å². The van der Waals surface area contributed by atoms with Crippen LogP contribution in [0.1, 0.15) is 32.6 Å². The molecule has 0 spiro atoms. The van der Waals surface area contributed by atoms with E-state index in [1.807, 2.05) is 18.2 Å². The molecular formula is C13H20FP. The van der Waals surface area contributed by atoms with Gasteiger partial charge in [-0.1, -0.05) is 56.5 Å². The highest BCUT2D eigenvalue weighted by molar-refractivity contribution is 7.65. The first-order valence-electron chi connectivity index (χ1n) is 5.74. The van der Waals surface area contributed by atoms with Crippen molar-refractivity contribution in [2.24, 2.45) is 0 Å². The van der Waals surface area contributed by atoms with Crippen LogP contribution in [-0.2, 0) is 0 Å². The Morgan fingerprint density at radius 3 is 2.40 bits per heavy atom. The molecule has 0 nitrogen and oxygen atoms in total. The van der Waals surface area contributed by atoms with Gasteiger partial charge in [-0.15, -0.1) is 0 Å². The lowest BCUT2D eigenvalue weighted by Gasteiger charge is -2.13. The van der Waals surface area contributed by atoms with Gasteiger partial charge in [0.05, 0.1) is 0 Å². The molecule has 0 radical (unpaired) electrons.